The van der Waals surface area contributed by atoms with Crippen LogP contribution >= 0.6 is 11.8 Å². The molecule has 182 valence electrons. The van der Waals surface area contributed by atoms with E-state index in [9.17, 15) is 4.79 Å². The molecule has 1 amide bonds. The van der Waals surface area contributed by atoms with E-state index in [-0.39, 0.29) is 11.7 Å². The zero-order chi connectivity index (χ0) is 25.2. The summed E-state index contributed by atoms with van der Waals surface area (Å²) in [4.78, 5) is 12.4. The van der Waals surface area contributed by atoms with Crippen LogP contribution < -0.4 is 14.9 Å². The fraction of sp³-hybridized carbons (Fsp3) is 0.111. The monoisotopic (exact) mass is 499 g/mol. The molecule has 4 aromatic rings. The van der Waals surface area contributed by atoms with E-state index >= 15 is 0 Å². The van der Waals surface area contributed by atoms with Gasteiger partial charge in [0.2, 0.25) is 0 Å². The highest BCUT2D eigenvalue weighted by Gasteiger charge is 2.17. The maximum absolute atomic E-state index is 12.4. The third-order valence-corrected chi connectivity index (χ3v) is 6.02. The molecule has 3 aromatic carbocycles. The number of allylic oxidation sites excluding steroid dienone is 1. The predicted molar refractivity (Wildman–Crippen MR) is 143 cm³/mol. The Balaban J connectivity index is 1.42. The molecule has 1 N–H and O–H groups in total. The number of nitrogens with one attached hydrogen (secondary N) is 1. The van der Waals surface area contributed by atoms with Crippen LogP contribution in [0.1, 0.15) is 5.56 Å². The summed E-state index contributed by atoms with van der Waals surface area (Å²) < 4.78 is 12.5. The maximum atomic E-state index is 12.4. The normalized spacial score (nSPS) is 11.2. The Morgan fingerprint density at radius 1 is 0.972 bits per heavy atom. The summed E-state index contributed by atoms with van der Waals surface area (Å²) in [5, 5.41) is 13.3. The van der Waals surface area contributed by atoms with Crippen molar-refractivity contribution in [1.82, 2.24) is 20.2 Å². The van der Waals surface area contributed by atoms with Gasteiger partial charge in [0.25, 0.3) is 5.91 Å². The quantitative estimate of drug-likeness (QED) is 0.190. The van der Waals surface area contributed by atoms with E-state index < -0.39 is 0 Å². The maximum Gasteiger partial charge on any atom is 0.250 e. The number of benzene rings is 3. The number of para-hydroxylation sites is 2. The summed E-state index contributed by atoms with van der Waals surface area (Å²) in [6.07, 6.45) is 5.11. The van der Waals surface area contributed by atoms with Gasteiger partial charge in [0.1, 0.15) is 11.5 Å². The largest absolute Gasteiger partial charge is 0.497 e. The molecule has 0 fully saturated rings. The van der Waals surface area contributed by atoms with Crippen molar-refractivity contribution in [1.29, 1.82) is 0 Å². The van der Waals surface area contributed by atoms with Gasteiger partial charge in [-0.3, -0.25) is 9.36 Å². The number of nitrogens with zero attached hydrogens (tertiary/aromatic N) is 4. The van der Waals surface area contributed by atoms with Crippen molar-refractivity contribution in [2.45, 2.75) is 5.16 Å². The second-order valence-corrected chi connectivity index (χ2v) is 8.35. The Kier molecular flexibility index (Phi) is 8.50. The number of methoxy groups -OCH3 is 2. The van der Waals surface area contributed by atoms with Gasteiger partial charge in [-0.2, -0.15) is 5.10 Å². The molecule has 0 aliphatic heterocycles. The number of aromatic nitrogens is 3. The fourth-order valence-corrected chi connectivity index (χ4v) is 4.11. The first-order valence-corrected chi connectivity index (χ1v) is 12.1. The standard InChI is InChI=1S/C27H25N5O3S/c1-34-23-16-14-21(15-17-23)26-30-31-27(32(26)22-11-4-3-5-12-22)36-19-25(33)29-28-18-8-10-20-9-6-7-13-24(20)35-2/h3-18H,19H2,1-2H3,(H,29,33)/b10-8+,28-18-. The lowest BCUT2D eigenvalue weighted by Gasteiger charge is -2.10. The fourth-order valence-electron chi connectivity index (χ4n) is 3.37. The van der Waals surface area contributed by atoms with Gasteiger partial charge in [0.05, 0.1) is 20.0 Å². The van der Waals surface area contributed by atoms with Gasteiger partial charge in [-0.05, 0) is 54.6 Å². The van der Waals surface area contributed by atoms with Crippen molar-refractivity contribution in [3.63, 3.8) is 0 Å². The summed E-state index contributed by atoms with van der Waals surface area (Å²) in [6, 6.07) is 25.0. The Labute approximate surface area is 213 Å². The zero-order valence-corrected chi connectivity index (χ0v) is 20.7. The molecule has 0 unspecified atom stereocenters. The highest BCUT2D eigenvalue weighted by atomic mass is 32.2. The van der Waals surface area contributed by atoms with Crippen molar-refractivity contribution in [3.05, 3.63) is 90.5 Å². The number of ether oxygens (including phenoxy) is 2. The first kappa shape index (κ1) is 24.7. The number of amides is 1. The van der Waals surface area contributed by atoms with Crippen LogP contribution in [0.5, 0.6) is 11.5 Å². The molecule has 0 aliphatic carbocycles. The summed E-state index contributed by atoms with van der Waals surface area (Å²) >= 11 is 1.28. The number of thioether (sulfide) groups is 1. The molecule has 1 aromatic heterocycles. The lowest BCUT2D eigenvalue weighted by Crippen LogP contribution is -2.19. The summed E-state index contributed by atoms with van der Waals surface area (Å²) in [5.74, 6) is 2.07. The molecule has 1 heterocycles. The van der Waals surface area contributed by atoms with Crippen molar-refractivity contribution >= 4 is 30.0 Å². The second-order valence-electron chi connectivity index (χ2n) is 7.41. The number of hydrazone groups is 1. The minimum absolute atomic E-state index is 0.126. The van der Waals surface area contributed by atoms with Crippen LogP contribution in [0.15, 0.2) is 95.2 Å². The number of hydrogen-bond acceptors (Lipinski definition) is 7. The first-order chi connectivity index (χ1) is 17.7. The van der Waals surface area contributed by atoms with Crippen LogP contribution in [-0.4, -0.2) is 46.9 Å². The highest BCUT2D eigenvalue weighted by Crippen LogP contribution is 2.29. The Bertz CT molecular complexity index is 1350. The van der Waals surface area contributed by atoms with Crippen LogP contribution in [0.4, 0.5) is 0 Å². The van der Waals surface area contributed by atoms with Crippen LogP contribution in [0.25, 0.3) is 23.2 Å². The number of hydrogen-bond donors (Lipinski definition) is 1. The first-order valence-electron chi connectivity index (χ1n) is 11.1. The summed E-state index contributed by atoms with van der Waals surface area (Å²) in [7, 11) is 3.25. The van der Waals surface area contributed by atoms with Crippen LogP contribution in [-0.2, 0) is 4.79 Å². The van der Waals surface area contributed by atoms with Gasteiger partial charge in [0.15, 0.2) is 11.0 Å². The van der Waals surface area contributed by atoms with E-state index in [2.05, 4.69) is 20.7 Å². The molecule has 0 spiro atoms. The molecule has 36 heavy (non-hydrogen) atoms. The lowest BCUT2D eigenvalue weighted by atomic mass is 10.2. The molecular formula is C27H25N5O3S. The van der Waals surface area contributed by atoms with Crippen molar-refractivity contribution in [2.24, 2.45) is 5.10 Å². The van der Waals surface area contributed by atoms with Crippen LogP contribution in [0.3, 0.4) is 0 Å². The summed E-state index contributed by atoms with van der Waals surface area (Å²) in [5.41, 5.74) is 5.23. The molecule has 4 rings (SSSR count). The van der Waals surface area contributed by atoms with E-state index in [0.717, 1.165) is 28.3 Å². The molecule has 0 bridgehead atoms. The minimum atomic E-state index is -0.254. The predicted octanol–water partition coefficient (Wildman–Crippen LogP) is 4.86. The van der Waals surface area contributed by atoms with Gasteiger partial charge >= 0.3 is 0 Å². The van der Waals surface area contributed by atoms with Crippen molar-refractivity contribution < 1.29 is 14.3 Å². The minimum Gasteiger partial charge on any atom is -0.497 e. The van der Waals surface area contributed by atoms with Gasteiger partial charge in [-0.25, -0.2) is 5.43 Å². The summed E-state index contributed by atoms with van der Waals surface area (Å²) in [6.45, 7) is 0. The molecule has 9 heteroatoms. The Hall–Kier alpha value is -4.37. The van der Waals surface area contributed by atoms with E-state index in [4.69, 9.17) is 9.47 Å². The molecule has 0 saturated carbocycles. The van der Waals surface area contributed by atoms with Gasteiger partial charge < -0.3 is 9.47 Å². The third kappa shape index (κ3) is 6.19. The number of carbonyl (C=O) groups excluding carboxylic acids is 1. The van der Waals surface area contributed by atoms with Crippen LogP contribution in [0.2, 0.25) is 0 Å². The van der Waals surface area contributed by atoms with E-state index in [1.807, 2.05) is 89.5 Å². The SMILES string of the molecule is COc1ccc(-c2nnc(SCC(=O)N/N=C\C=C\c3ccccc3OC)n2-c2ccccc2)cc1. The van der Waals surface area contributed by atoms with Crippen molar-refractivity contribution in [3.8, 4) is 28.6 Å². The van der Waals surface area contributed by atoms with Gasteiger partial charge in [-0.1, -0.05) is 48.2 Å². The molecule has 0 atom stereocenters. The van der Waals surface area contributed by atoms with E-state index in [1.54, 1.807) is 20.3 Å². The molecular weight excluding hydrogens is 474 g/mol. The lowest BCUT2D eigenvalue weighted by molar-refractivity contribution is -0.118. The van der Waals surface area contributed by atoms with E-state index in [0.29, 0.717) is 11.0 Å². The third-order valence-electron chi connectivity index (χ3n) is 5.09. The molecule has 0 radical (unpaired) electrons. The highest BCUT2D eigenvalue weighted by molar-refractivity contribution is 7.99. The molecule has 8 nitrogen and oxygen atoms in total. The van der Waals surface area contributed by atoms with E-state index in [1.165, 1.54) is 18.0 Å². The average Bonchev–Trinajstić information content (AvgIpc) is 3.36. The molecule has 0 aliphatic rings. The van der Waals surface area contributed by atoms with Crippen LogP contribution in [0, 0.1) is 0 Å². The topological polar surface area (TPSA) is 90.6 Å². The second kappa shape index (κ2) is 12.4. The van der Waals surface area contributed by atoms with Crippen molar-refractivity contribution in [2.75, 3.05) is 20.0 Å². The number of rotatable bonds is 10. The Morgan fingerprint density at radius 2 is 1.72 bits per heavy atom. The number of carbonyl (C=O) groups is 1. The Morgan fingerprint density at radius 3 is 2.47 bits per heavy atom. The van der Waals surface area contributed by atoms with Gasteiger partial charge in [-0.15, -0.1) is 10.2 Å². The zero-order valence-electron chi connectivity index (χ0n) is 19.9. The average molecular weight is 500 g/mol. The smallest absolute Gasteiger partial charge is 0.250 e. The van der Waals surface area contributed by atoms with Gasteiger partial charge in [0, 0.05) is 23.0 Å². The molecule has 0 saturated heterocycles.